The van der Waals surface area contributed by atoms with E-state index in [1.54, 1.807) is 0 Å². The molecule has 2 aliphatic heterocycles. The van der Waals surface area contributed by atoms with Crippen LogP contribution >= 0.6 is 0 Å². The Hall–Kier alpha value is -2.18. The molecule has 1 atom stereocenters. The SMILES string of the molecule is CCc1c(C)nc2n(c1=O)CN(CC1CCCO1)CN2c1ccc(C)cc1C. The number of rotatable bonds is 4. The van der Waals surface area contributed by atoms with E-state index in [2.05, 4.69) is 41.8 Å². The van der Waals surface area contributed by atoms with Crippen molar-refractivity contribution < 1.29 is 4.74 Å². The molecule has 1 aromatic heterocycles. The van der Waals surface area contributed by atoms with E-state index in [1.807, 2.05) is 18.4 Å². The Balaban J connectivity index is 1.79. The molecule has 1 fully saturated rings. The number of hydrogen-bond donors (Lipinski definition) is 0. The molecule has 0 bridgehead atoms. The summed E-state index contributed by atoms with van der Waals surface area (Å²) in [5.41, 5.74) is 5.25. The minimum Gasteiger partial charge on any atom is -0.377 e. The van der Waals surface area contributed by atoms with Gasteiger partial charge >= 0.3 is 0 Å². The predicted octanol–water partition coefficient (Wildman–Crippen LogP) is 3.28. The van der Waals surface area contributed by atoms with Crippen molar-refractivity contribution in [1.29, 1.82) is 0 Å². The smallest absolute Gasteiger partial charge is 0.259 e. The summed E-state index contributed by atoms with van der Waals surface area (Å²) in [5.74, 6) is 0.746. The Kier molecular flexibility index (Phi) is 5.25. The molecule has 2 aliphatic rings. The van der Waals surface area contributed by atoms with Crippen LogP contribution < -0.4 is 10.5 Å². The summed E-state index contributed by atoms with van der Waals surface area (Å²) < 4.78 is 7.69. The summed E-state index contributed by atoms with van der Waals surface area (Å²) in [5, 5.41) is 0. The first-order valence-electron chi connectivity index (χ1n) is 10.3. The predicted molar refractivity (Wildman–Crippen MR) is 111 cm³/mol. The van der Waals surface area contributed by atoms with Gasteiger partial charge in [-0.15, -0.1) is 0 Å². The second-order valence-corrected chi connectivity index (χ2v) is 8.05. The van der Waals surface area contributed by atoms with Gasteiger partial charge in [0.15, 0.2) is 0 Å². The van der Waals surface area contributed by atoms with E-state index in [4.69, 9.17) is 9.72 Å². The van der Waals surface area contributed by atoms with Crippen molar-refractivity contribution in [2.75, 3.05) is 24.7 Å². The molecule has 2 aromatic rings. The molecular weight excluding hydrogens is 352 g/mol. The zero-order valence-electron chi connectivity index (χ0n) is 17.4. The summed E-state index contributed by atoms with van der Waals surface area (Å²) in [7, 11) is 0. The first-order chi connectivity index (χ1) is 13.5. The van der Waals surface area contributed by atoms with Gasteiger partial charge in [-0.25, -0.2) is 4.98 Å². The van der Waals surface area contributed by atoms with Crippen molar-refractivity contribution in [2.24, 2.45) is 0 Å². The van der Waals surface area contributed by atoms with Crippen LogP contribution in [0.2, 0.25) is 0 Å². The Morgan fingerprint density at radius 2 is 2.04 bits per heavy atom. The summed E-state index contributed by atoms with van der Waals surface area (Å²) in [6.45, 7) is 11.1. The number of nitrogens with zero attached hydrogens (tertiary/aromatic N) is 4. The number of aromatic nitrogens is 2. The van der Waals surface area contributed by atoms with Gasteiger partial charge in [-0.2, -0.15) is 0 Å². The second kappa shape index (κ2) is 7.68. The maximum atomic E-state index is 13.2. The average Bonchev–Trinajstić information content (AvgIpc) is 3.15. The fraction of sp³-hybridized carbons (Fsp3) is 0.545. The zero-order chi connectivity index (χ0) is 19.8. The van der Waals surface area contributed by atoms with Gasteiger partial charge in [0.2, 0.25) is 5.95 Å². The molecule has 6 nitrogen and oxygen atoms in total. The van der Waals surface area contributed by atoms with Gasteiger partial charge in [-0.3, -0.25) is 19.2 Å². The largest absolute Gasteiger partial charge is 0.377 e. The molecule has 4 rings (SSSR count). The fourth-order valence-electron chi connectivity index (χ4n) is 4.42. The number of fused-ring (bicyclic) bond motifs is 1. The molecule has 1 aromatic carbocycles. The van der Waals surface area contributed by atoms with Crippen LogP contribution in [0.4, 0.5) is 11.6 Å². The molecule has 6 heteroatoms. The van der Waals surface area contributed by atoms with Crippen LogP contribution in [0.5, 0.6) is 0 Å². The van der Waals surface area contributed by atoms with Crippen LogP contribution in [-0.4, -0.2) is 40.4 Å². The minimum atomic E-state index is 0.0804. The Bertz CT molecular complexity index is 931. The van der Waals surface area contributed by atoms with Crippen molar-refractivity contribution >= 4 is 11.6 Å². The molecule has 0 amide bonds. The Labute approximate surface area is 166 Å². The van der Waals surface area contributed by atoms with Crippen molar-refractivity contribution in [2.45, 2.75) is 59.7 Å². The second-order valence-electron chi connectivity index (χ2n) is 8.05. The van der Waals surface area contributed by atoms with Crippen LogP contribution in [-0.2, 0) is 17.8 Å². The molecule has 0 saturated carbocycles. The summed E-state index contributed by atoms with van der Waals surface area (Å²) >= 11 is 0. The number of ether oxygens (including phenoxy) is 1. The molecule has 3 heterocycles. The maximum absolute atomic E-state index is 13.2. The number of hydrogen-bond acceptors (Lipinski definition) is 5. The van der Waals surface area contributed by atoms with E-state index >= 15 is 0 Å². The van der Waals surface area contributed by atoms with Crippen molar-refractivity contribution in [3.05, 3.63) is 50.9 Å². The molecule has 1 unspecified atom stereocenters. The Morgan fingerprint density at radius 3 is 2.71 bits per heavy atom. The van der Waals surface area contributed by atoms with Crippen molar-refractivity contribution in [3.63, 3.8) is 0 Å². The van der Waals surface area contributed by atoms with E-state index in [-0.39, 0.29) is 11.7 Å². The third kappa shape index (κ3) is 3.47. The van der Waals surface area contributed by atoms with E-state index in [0.717, 1.165) is 48.9 Å². The van der Waals surface area contributed by atoms with Gasteiger partial charge < -0.3 is 4.74 Å². The van der Waals surface area contributed by atoms with Crippen LogP contribution in [0.25, 0.3) is 0 Å². The maximum Gasteiger partial charge on any atom is 0.259 e. The van der Waals surface area contributed by atoms with E-state index in [9.17, 15) is 4.79 Å². The number of anilines is 2. The van der Waals surface area contributed by atoms with Gasteiger partial charge in [0.1, 0.15) is 0 Å². The molecular formula is C22H30N4O2. The lowest BCUT2D eigenvalue weighted by Crippen LogP contribution is -2.50. The molecule has 0 aliphatic carbocycles. The lowest BCUT2D eigenvalue weighted by molar-refractivity contribution is 0.0584. The van der Waals surface area contributed by atoms with Gasteiger partial charge in [-0.05, 0) is 51.7 Å². The highest BCUT2D eigenvalue weighted by molar-refractivity contribution is 5.63. The Morgan fingerprint density at radius 1 is 1.21 bits per heavy atom. The molecule has 0 N–H and O–H groups in total. The molecule has 1 saturated heterocycles. The standard InChI is InChI=1S/C22H30N4O2/c1-5-19-17(4)23-22-25(20-9-8-15(2)11-16(20)3)13-24(14-26(22)21(19)27)12-18-7-6-10-28-18/h8-9,11,18H,5-7,10,12-14H2,1-4H3. The third-order valence-corrected chi connectivity index (χ3v) is 5.86. The van der Waals surface area contributed by atoms with Crippen LogP contribution in [0.1, 0.15) is 42.1 Å². The number of benzene rings is 1. The van der Waals surface area contributed by atoms with Crippen LogP contribution in [0, 0.1) is 20.8 Å². The highest BCUT2D eigenvalue weighted by Gasteiger charge is 2.30. The van der Waals surface area contributed by atoms with Crippen LogP contribution in [0.3, 0.4) is 0 Å². The topological polar surface area (TPSA) is 50.6 Å². The third-order valence-electron chi connectivity index (χ3n) is 5.86. The quantitative estimate of drug-likeness (QED) is 0.812. The van der Waals surface area contributed by atoms with E-state index in [0.29, 0.717) is 19.8 Å². The molecule has 0 radical (unpaired) electrons. The lowest BCUT2D eigenvalue weighted by atomic mass is 10.1. The van der Waals surface area contributed by atoms with Gasteiger partial charge in [-0.1, -0.05) is 24.6 Å². The fourth-order valence-corrected chi connectivity index (χ4v) is 4.42. The normalized spacial score (nSPS) is 19.9. The first kappa shape index (κ1) is 19.2. The van der Waals surface area contributed by atoms with Gasteiger partial charge in [0, 0.05) is 30.1 Å². The zero-order valence-corrected chi connectivity index (χ0v) is 17.4. The minimum absolute atomic E-state index is 0.0804. The molecule has 150 valence electrons. The monoisotopic (exact) mass is 382 g/mol. The van der Waals surface area contributed by atoms with Crippen LogP contribution in [0.15, 0.2) is 23.0 Å². The van der Waals surface area contributed by atoms with Gasteiger partial charge in [0.25, 0.3) is 5.56 Å². The van der Waals surface area contributed by atoms with Crippen molar-refractivity contribution in [1.82, 2.24) is 14.5 Å². The number of aryl methyl sites for hydroxylation is 3. The van der Waals surface area contributed by atoms with E-state index < -0.39 is 0 Å². The molecule has 0 spiro atoms. The highest BCUT2D eigenvalue weighted by Crippen LogP contribution is 2.31. The van der Waals surface area contributed by atoms with E-state index in [1.165, 1.54) is 11.1 Å². The summed E-state index contributed by atoms with van der Waals surface area (Å²) in [4.78, 5) is 22.6. The lowest BCUT2D eigenvalue weighted by Gasteiger charge is -2.39. The van der Waals surface area contributed by atoms with Gasteiger partial charge in [0.05, 0.1) is 19.4 Å². The first-order valence-corrected chi connectivity index (χ1v) is 10.3. The molecule has 28 heavy (non-hydrogen) atoms. The average molecular weight is 383 g/mol. The highest BCUT2D eigenvalue weighted by atomic mass is 16.5. The van der Waals surface area contributed by atoms with Crippen molar-refractivity contribution in [3.8, 4) is 0 Å². The summed E-state index contributed by atoms with van der Waals surface area (Å²) in [6.07, 6.45) is 3.17. The summed E-state index contributed by atoms with van der Waals surface area (Å²) in [6, 6.07) is 6.45.